The third-order valence-corrected chi connectivity index (χ3v) is 5.01. The molecular weight excluding hydrogens is 234 g/mol. The summed E-state index contributed by atoms with van der Waals surface area (Å²) >= 11 is 0. The van der Waals surface area contributed by atoms with Crippen LogP contribution >= 0.6 is 0 Å². The molecule has 0 radical (unpaired) electrons. The van der Waals surface area contributed by atoms with Crippen molar-refractivity contribution in [3.8, 4) is 0 Å². The van der Waals surface area contributed by atoms with Crippen LogP contribution in [0.2, 0.25) is 0 Å². The van der Waals surface area contributed by atoms with E-state index in [-0.39, 0.29) is 5.41 Å². The minimum Gasteiger partial charge on any atom is -0.339 e. The quantitative estimate of drug-likeness (QED) is 0.794. The first-order valence-corrected chi connectivity index (χ1v) is 7.61. The largest absolute Gasteiger partial charge is 0.339 e. The lowest BCUT2D eigenvalue weighted by Crippen LogP contribution is -2.46. The fourth-order valence-corrected chi connectivity index (χ4v) is 3.87. The second-order valence-electron chi connectivity index (χ2n) is 6.15. The molecule has 2 fully saturated rings. The molecule has 2 nitrogen and oxygen atoms in total. The molecule has 1 aliphatic carbocycles. The van der Waals surface area contributed by atoms with Crippen molar-refractivity contribution in [1.82, 2.24) is 4.90 Å². The van der Waals surface area contributed by atoms with Gasteiger partial charge in [0.15, 0.2) is 0 Å². The van der Waals surface area contributed by atoms with Gasteiger partial charge in [0.2, 0.25) is 5.91 Å². The molecular formula is C17H23NO. The summed E-state index contributed by atoms with van der Waals surface area (Å²) in [6.45, 7) is 3.15. The number of benzene rings is 1. The van der Waals surface area contributed by atoms with E-state index in [9.17, 15) is 4.79 Å². The van der Waals surface area contributed by atoms with Crippen LogP contribution < -0.4 is 0 Å². The van der Waals surface area contributed by atoms with Crippen LogP contribution in [0.3, 0.4) is 0 Å². The lowest BCUT2D eigenvalue weighted by Gasteiger charge is -2.35. The molecule has 1 saturated heterocycles. The third kappa shape index (κ3) is 2.07. The Hall–Kier alpha value is -1.31. The van der Waals surface area contributed by atoms with Gasteiger partial charge in [-0.25, -0.2) is 0 Å². The SMILES string of the molecule is C[C@@H]1CCCN1C(=O)C1(c2ccccc2)CCCC1. The monoisotopic (exact) mass is 257 g/mol. The average molecular weight is 257 g/mol. The van der Waals surface area contributed by atoms with E-state index >= 15 is 0 Å². The molecule has 0 unspecified atom stereocenters. The molecule has 1 amide bonds. The Morgan fingerprint density at radius 2 is 1.84 bits per heavy atom. The molecule has 0 spiro atoms. The number of carbonyl (C=O) groups excluding carboxylic acids is 1. The molecule has 0 bridgehead atoms. The summed E-state index contributed by atoms with van der Waals surface area (Å²) in [6.07, 6.45) is 6.75. The van der Waals surface area contributed by atoms with Gasteiger partial charge >= 0.3 is 0 Å². The molecule has 1 atom stereocenters. The van der Waals surface area contributed by atoms with Crippen LogP contribution in [0.5, 0.6) is 0 Å². The summed E-state index contributed by atoms with van der Waals surface area (Å²) in [6, 6.07) is 10.9. The Morgan fingerprint density at radius 1 is 1.16 bits per heavy atom. The number of carbonyl (C=O) groups is 1. The maximum Gasteiger partial charge on any atom is 0.233 e. The minimum absolute atomic E-state index is 0.222. The Kier molecular flexibility index (Phi) is 3.34. The second-order valence-corrected chi connectivity index (χ2v) is 6.15. The zero-order valence-corrected chi connectivity index (χ0v) is 11.8. The molecule has 102 valence electrons. The lowest BCUT2D eigenvalue weighted by molar-refractivity contribution is -0.137. The van der Waals surface area contributed by atoms with Gasteiger partial charge in [-0.2, -0.15) is 0 Å². The van der Waals surface area contributed by atoms with Crippen molar-refractivity contribution in [3.63, 3.8) is 0 Å². The number of likely N-dealkylation sites (tertiary alicyclic amines) is 1. The standard InChI is InChI=1S/C17H23NO/c1-14-8-7-13-18(14)16(19)17(11-5-6-12-17)15-9-3-2-4-10-15/h2-4,9-10,14H,5-8,11-13H2,1H3/t14-/m1/s1. The summed E-state index contributed by atoms with van der Waals surface area (Å²) in [7, 11) is 0. The lowest BCUT2D eigenvalue weighted by atomic mass is 9.77. The zero-order valence-electron chi connectivity index (χ0n) is 11.8. The van der Waals surface area contributed by atoms with Crippen LogP contribution in [0.15, 0.2) is 30.3 Å². The van der Waals surface area contributed by atoms with E-state index in [0.717, 1.165) is 32.2 Å². The molecule has 1 aromatic rings. The van der Waals surface area contributed by atoms with E-state index in [4.69, 9.17) is 0 Å². The van der Waals surface area contributed by atoms with Gasteiger partial charge in [0.1, 0.15) is 0 Å². The molecule has 1 aromatic carbocycles. The molecule has 2 heteroatoms. The van der Waals surface area contributed by atoms with Crippen molar-refractivity contribution in [3.05, 3.63) is 35.9 Å². The molecule has 0 aromatic heterocycles. The molecule has 3 rings (SSSR count). The fraction of sp³-hybridized carbons (Fsp3) is 0.588. The van der Waals surface area contributed by atoms with E-state index in [1.165, 1.54) is 18.4 Å². The first-order chi connectivity index (χ1) is 9.24. The Balaban J connectivity index is 1.95. The maximum atomic E-state index is 13.1. The van der Waals surface area contributed by atoms with E-state index < -0.39 is 0 Å². The predicted molar refractivity (Wildman–Crippen MR) is 77.0 cm³/mol. The van der Waals surface area contributed by atoms with Gasteiger partial charge in [-0.05, 0) is 38.2 Å². The van der Waals surface area contributed by atoms with Crippen molar-refractivity contribution in [2.24, 2.45) is 0 Å². The smallest absolute Gasteiger partial charge is 0.233 e. The third-order valence-electron chi connectivity index (χ3n) is 5.01. The Labute approximate surface area is 115 Å². The van der Waals surface area contributed by atoms with Gasteiger partial charge in [0.05, 0.1) is 5.41 Å². The van der Waals surface area contributed by atoms with Gasteiger partial charge in [-0.3, -0.25) is 4.79 Å². The van der Waals surface area contributed by atoms with Crippen molar-refractivity contribution in [1.29, 1.82) is 0 Å². The highest BCUT2D eigenvalue weighted by Crippen LogP contribution is 2.43. The maximum absolute atomic E-state index is 13.1. The number of hydrogen-bond donors (Lipinski definition) is 0. The Bertz CT molecular complexity index is 448. The highest BCUT2D eigenvalue weighted by atomic mass is 16.2. The first kappa shape index (κ1) is 12.7. The molecule has 1 saturated carbocycles. The van der Waals surface area contributed by atoms with Crippen LogP contribution in [-0.2, 0) is 10.2 Å². The van der Waals surface area contributed by atoms with Crippen molar-refractivity contribution >= 4 is 5.91 Å². The zero-order chi connectivity index (χ0) is 13.3. The van der Waals surface area contributed by atoms with Gasteiger partial charge < -0.3 is 4.90 Å². The van der Waals surface area contributed by atoms with Gasteiger partial charge in [0, 0.05) is 12.6 Å². The summed E-state index contributed by atoms with van der Waals surface area (Å²) in [5.41, 5.74) is 1.01. The summed E-state index contributed by atoms with van der Waals surface area (Å²) in [5.74, 6) is 0.390. The number of hydrogen-bond acceptors (Lipinski definition) is 1. The topological polar surface area (TPSA) is 20.3 Å². The summed E-state index contributed by atoms with van der Waals surface area (Å²) in [4.78, 5) is 15.2. The van der Waals surface area contributed by atoms with Gasteiger partial charge in [-0.15, -0.1) is 0 Å². The van der Waals surface area contributed by atoms with E-state index in [1.54, 1.807) is 0 Å². The highest BCUT2D eigenvalue weighted by molar-refractivity contribution is 5.89. The van der Waals surface area contributed by atoms with Crippen LogP contribution in [-0.4, -0.2) is 23.4 Å². The van der Waals surface area contributed by atoms with Crippen molar-refractivity contribution < 1.29 is 4.79 Å². The van der Waals surface area contributed by atoms with Gasteiger partial charge in [0.25, 0.3) is 0 Å². The first-order valence-electron chi connectivity index (χ1n) is 7.61. The fourth-order valence-electron chi connectivity index (χ4n) is 3.87. The van der Waals surface area contributed by atoms with Gasteiger partial charge in [-0.1, -0.05) is 43.2 Å². The number of amides is 1. The normalized spacial score (nSPS) is 25.7. The second kappa shape index (κ2) is 4.99. The van der Waals surface area contributed by atoms with Crippen molar-refractivity contribution in [2.45, 2.75) is 56.9 Å². The molecule has 1 heterocycles. The summed E-state index contributed by atoms with van der Waals surface area (Å²) in [5, 5.41) is 0. The number of rotatable bonds is 2. The Morgan fingerprint density at radius 3 is 2.42 bits per heavy atom. The van der Waals surface area contributed by atoms with Crippen LogP contribution in [0.25, 0.3) is 0 Å². The molecule has 1 aliphatic heterocycles. The number of nitrogens with zero attached hydrogens (tertiary/aromatic N) is 1. The van der Waals surface area contributed by atoms with Crippen LogP contribution in [0, 0.1) is 0 Å². The minimum atomic E-state index is -0.222. The van der Waals surface area contributed by atoms with E-state index in [1.807, 2.05) is 6.07 Å². The van der Waals surface area contributed by atoms with E-state index in [2.05, 4.69) is 36.1 Å². The van der Waals surface area contributed by atoms with Crippen LogP contribution in [0.4, 0.5) is 0 Å². The van der Waals surface area contributed by atoms with E-state index in [0.29, 0.717) is 11.9 Å². The average Bonchev–Trinajstić information content (AvgIpc) is 3.08. The van der Waals surface area contributed by atoms with Crippen molar-refractivity contribution in [2.75, 3.05) is 6.54 Å². The molecule has 19 heavy (non-hydrogen) atoms. The highest BCUT2D eigenvalue weighted by Gasteiger charge is 2.46. The molecule has 2 aliphatic rings. The predicted octanol–water partition coefficient (Wildman–Crippen LogP) is 3.51. The summed E-state index contributed by atoms with van der Waals surface area (Å²) < 4.78 is 0. The van der Waals surface area contributed by atoms with Crippen LogP contribution in [0.1, 0.15) is 51.0 Å². The molecule has 0 N–H and O–H groups in total.